The number of nitrogens with zero attached hydrogens (tertiary/aromatic N) is 1. The zero-order chi connectivity index (χ0) is 21.1. The average Bonchev–Trinajstić information content (AvgIpc) is 3.48. The molecular weight excluding hydrogens is 407 g/mol. The molecule has 8 heteroatoms. The Hall–Kier alpha value is -2.28. The molecule has 0 bridgehead atoms. The van der Waals surface area contributed by atoms with E-state index in [1.165, 1.54) is 12.3 Å². The molecule has 1 aromatic carbocycles. The topological polar surface area (TPSA) is 48.4 Å². The fourth-order valence-electron chi connectivity index (χ4n) is 3.28. The van der Waals surface area contributed by atoms with Gasteiger partial charge in [-0.05, 0) is 49.9 Å². The summed E-state index contributed by atoms with van der Waals surface area (Å²) in [6, 6.07) is 4.00. The van der Waals surface area contributed by atoms with Crippen LogP contribution >= 0.6 is 11.6 Å². The molecule has 0 spiro atoms. The van der Waals surface area contributed by atoms with Gasteiger partial charge in [-0.2, -0.15) is 8.78 Å². The van der Waals surface area contributed by atoms with Gasteiger partial charge in [0.2, 0.25) is 0 Å². The fourth-order valence-corrected chi connectivity index (χ4v) is 3.43. The molecule has 1 atom stereocenters. The number of hydrogen-bond donors (Lipinski definition) is 0. The number of halogens is 4. The summed E-state index contributed by atoms with van der Waals surface area (Å²) in [5, 5.41) is -0.219. The van der Waals surface area contributed by atoms with E-state index in [4.69, 9.17) is 16.3 Å². The van der Waals surface area contributed by atoms with Gasteiger partial charge in [-0.1, -0.05) is 24.4 Å². The summed E-state index contributed by atoms with van der Waals surface area (Å²) in [7, 11) is 0. The summed E-state index contributed by atoms with van der Waals surface area (Å²) in [6.07, 6.45) is 4.12. The van der Waals surface area contributed by atoms with Crippen molar-refractivity contribution in [2.45, 2.75) is 45.6 Å². The normalized spacial score (nSPS) is 14.7. The van der Waals surface area contributed by atoms with Gasteiger partial charge in [0.25, 0.3) is 0 Å². The lowest BCUT2D eigenvalue weighted by atomic mass is 9.94. The van der Waals surface area contributed by atoms with Crippen LogP contribution in [0.4, 0.5) is 13.2 Å². The maximum atomic E-state index is 14.7. The van der Waals surface area contributed by atoms with E-state index in [1.54, 1.807) is 19.9 Å². The number of rotatable bonds is 8. The molecule has 1 aliphatic rings. The Balaban J connectivity index is 2.01. The molecule has 29 heavy (non-hydrogen) atoms. The van der Waals surface area contributed by atoms with E-state index >= 15 is 0 Å². The van der Waals surface area contributed by atoms with Gasteiger partial charge in [0.1, 0.15) is 5.75 Å². The molecule has 3 rings (SSSR count). The molecule has 1 aliphatic carbocycles. The maximum absolute atomic E-state index is 14.7. The van der Waals surface area contributed by atoms with E-state index in [-0.39, 0.29) is 34.5 Å². The quantitative estimate of drug-likeness (QED) is 0.492. The number of aromatic nitrogens is 1. The lowest BCUT2D eigenvalue weighted by Gasteiger charge is -2.18. The van der Waals surface area contributed by atoms with E-state index in [1.807, 2.05) is 0 Å². The molecule has 1 heterocycles. The lowest BCUT2D eigenvalue weighted by Crippen LogP contribution is -2.18. The van der Waals surface area contributed by atoms with Gasteiger partial charge in [0.15, 0.2) is 5.82 Å². The smallest absolute Gasteiger partial charge is 0.387 e. The molecule has 1 saturated carbocycles. The second-order valence-electron chi connectivity index (χ2n) is 7.02. The number of carbonyl (C=O) groups excluding carboxylic acids is 1. The van der Waals surface area contributed by atoms with Crippen molar-refractivity contribution in [2.75, 3.05) is 6.61 Å². The highest BCUT2D eigenvalue weighted by molar-refractivity contribution is 6.31. The van der Waals surface area contributed by atoms with Crippen LogP contribution in [0.25, 0.3) is 11.1 Å². The lowest BCUT2D eigenvalue weighted by molar-refractivity contribution is -0.145. The third-order valence-electron chi connectivity index (χ3n) is 4.87. The number of ether oxygens (including phenoxy) is 2. The van der Waals surface area contributed by atoms with Gasteiger partial charge in [0.05, 0.1) is 28.8 Å². The Morgan fingerprint density at radius 1 is 1.34 bits per heavy atom. The molecule has 2 aromatic rings. The number of alkyl halides is 2. The van der Waals surface area contributed by atoms with Gasteiger partial charge < -0.3 is 9.47 Å². The number of benzene rings is 1. The summed E-state index contributed by atoms with van der Waals surface area (Å²) in [4.78, 5) is 16.7. The van der Waals surface area contributed by atoms with Crippen LogP contribution in [-0.2, 0) is 9.53 Å². The van der Waals surface area contributed by atoms with Crippen molar-refractivity contribution in [3.05, 3.63) is 46.5 Å². The van der Waals surface area contributed by atoms with Gasteiger partial charge in [0, 0.05) is 11.8 Å². The standard InChI is InChI=1S/C21H21ClF3NO3/c1-3-28-20(27)13(9-12-4-5-12)16-8-11(2)14(10-26-16)18-17(29-21(24)25)7-6-15(22)19(18)23/h6-8,10,12-13,21H,3-5,9H2,1-2H3. The number of aryl methyl sites for hydroxylation is 1. The Morgan fingerprint density at radius 2 is 2.07 bits per heavy atom. The highest BCUT2D eigenvalue weighted by atomic mass is 35.5. The molecule has 1 fully saturated rings. The Labute approximate surface area is 172 Å². The third kappa shape index (κ3) is 5.01. The van der Waals surface area contributed by atoms with Crippen LogP contribution in [0, 0.1) is 18.7 Å². The number of pyridine rings is 1. The highest BCUT2D eigenvalue weighted by Gasteiger charge is 2.32. The molecular formula is C21H21ClF3NO3. The third-order valence-corrected chi connectivity index (χ3v) is 5.16. The van der Waals surface area contributed by atoms with Crippen molar-refractivity contribution >= 4 is 17.6 Å². The Kier molecular flexibility index (Phi) is 6.67. The Morgan fingerprint density at radius 3 is 2.66 bits per heavy atom. The Bertz CT molecular complexity index is 903. The molecule has 0 radical (unpaired) electrons. The molecule has 0 aliphatic heterocycles. The molecule has 0 saturated heterocycles. The fraction of sp³-hybridized carbons (Fsp3) is 0.429. The minimum Gasteiger partial charge on any atom is -0.465 e. The predicted octanol–water partition coefficient (Wildman–Crippen LogP) is 5.90. The van der Waals surface area contributed by atoms with E-state index in [2.05, 4.69) is 9.72 Å². The van der Waals surface area contributed by atoms with Gasteiger partial charge in [-0.25, -0.2) is 4.39 Å². The van der Waals surface area contributed by atoms with Gasteiger partial charge in [-0.3, -0.25) is 9.78 Å². The van der Waals surface area contributed by atoms with Crippen LogP contribution in [-0.4, -0.2) is 24.2 Å². The highest BCUT2D eigenvalue weighted by Crippen LogP contribution is 2.41. The predicted molar refractivity (Wildman–Crippen MR) is 103 cm³/mol. The summed E-state index contributed by atoms with van der Waals surface area (Å²) in [5.74, 6) is -1.62. The number of hydrogen-bond acceptors (Lipinski definition) is 4. The number of carbonyl (C=O) groups is 1. The molecule has 156 valence electrons. The maximum Gasteiger partial charge on any atom is 0.387 e. The molecule has 0 N–H and O–H groups in total. The monoisotopic (exact) mass is 427 g/mol. The average molecular weight is 428 g/mol. The summed E-state index contributed by atoms with van der Waals surface area (Å²) >= 11 is 5.85. The van der Waals surface area contributed by atoms with E-state index in [0.29, 0.717) is 23.6 Å². The van der Waals surface area contributed by atoms with Crippen LogP contribution in [0.2, 0.25) is 5.02 Å². The zero-order valence-corrected chi connectivity index (χ0v) is 16.8. The minimum atomic E-state index is -3.12. The summed E-state index contributed by atoms with van der Waals surface area (Å²) < 4.78 is 49.9. The van der Waals surface area contributed by atoms with E-state index in [0.717, 1.165) is 18.9 Å². The summed E-state index contributed by atoms with van der Waals surface area (Å²) in [5.41, 5.74) is 1.14. The van der Waals surface area contributed by atoms with Crippen molar-refractivity contribution in [1.29, 1.82) is 0 Å². The van der Waals surface area contributed by atoms with Crippen molar-refractivity contribution in [2.24, 2.45) is 5.92 Å². The second-order valence-corrected chi connectivity index (χ2v) is 7.43. The molecule has 1 unspecified atom stereocenters. The van der Waals surface area contributed by atoms with Crippen molar-refractivity contribution < 1.29 is 27.4 Å². The van der Waals surface area contributed by atoms with Gasteiger partial charge in [-0.15, -0.1) is 0 Å². The largest absolute Gasteiger partial charge is 0.465 e. The van der Waals surface area contributed by atoms with E-state index in [9.17, 15) is 18.0 Å². The summed E-state index contributed by atoms with van der Waals surface area (Å²) in [6.45, 7) is 0.569. The van der Waals surface area contributed by atoms with Crippen LogP contribution in [0.5, 0.6) is 5.75 Å². The van der Waals surface area contributed by atoms with Crippen molar-refractivity contribution in [3.63, 3.8) is 0 Å². The van der Waals surface area contributed by atoms with Crippen molar-refractivity contribution in [1.82, 2.24) is 4.98 Å². The molecule has 4 nitrogen and oxygen atoms in total. The van der Waals surface area contributed by atoms with Crippen LogP contribution in [0.3, 0.4) is 0 Å². The first-order valence-electron chi connectivity index (χ1n) is 9.38. The number of esters is 1. The zero-order valence-electron chi connectivity index (χ0n) is 16.1. The van der Waals surface area contributed by atoms with Crippen LogP contribution in [0.1, 0.15) is 43.4 Å². The van der Waals surface area contributed by atoms with Crippen LogP contribution in [0.15, 0.2) is 24.4 Å². The first kappa shape index (κ1) is 21.4. The van der Waals surface area contributed by atoms with Crippen molar-refractivity contribution in [3.8, 4) is 16.9 Å². The van der Waals surface area contributed by atoms with Gasteiger partial charge >= 0.3 is 12.6 Å². The minimum absolute atomic E-state index is 0.191. The SMILES string of the molecule is CCOC(=O)C(CC1CC1)c1cc(C)c(-c2c(OC(F)F)ccc(Cl)c2F)cn1. The molecule has 0 amide bonds. The first-order chi connectivity index (χ1) is 13.8. The second kappa shape index (κ2) is 9.03. The first-order valence-corrected chi connectivity index (χ1v) is 9.76. The van der Waals surface area contributed by atoms with Crippen LogP contribution < -0.4 is 4.74 Å². The molecule has 1 aromatic heterocycles. The van der Waals surface area contributed by atoms with E-state index < -0.39 is 18.3 Å².